The molecule has 3 aliphatic rings. The van der Waals surface area contributed by atoms with E-state index in [1.165, 1.54) is 0 Å². The van der Waals surface area contributed by atoms with E-state index in [4.69, 9.17) is 0 Å². The number of carbonyl (C=O) groups is 2. The van der Waals surface area contributed by atoms with Gasteiger partial charge >= 0.3 is 0 Å². The van der Waals surface area contributed by atoms with Crippen LogP contribution in [0, 0.1) is 17.8 Å². The number of likely N-dealkylation sites (tertiary alicyclic amines) is 1. The number of nitrogens with one attached hydrogen (secondary N) is 1. The third kappa shape index (κ3) is 1.25. The van der Waals surface area contributed by atoms with E-state index in [1.807, 2.05) is 0 Å². The maximum absolute atomic E-state index is 12.2. The predicted molar refractivity (Wildman–Crippen MR) is 58.5 cm³/mol. The molecule has 0 bridgehead atoms. The van der Waals surface area contributed by atoms with Crippen molar-refractivity contribution in [3.05, 3.63) is 0 Å². The first-order chi connectivity index (χ1) is 7.72. The summed E-state index contributed by atoms with van der Waals surface area (Å²) in [6, 6.07) is 0.144. The number of imide groups is 1. The fourth-order valence-electron chi connectivity index (χ4n) is 3.30. The Bertz CT molecular complexity index is 314. The summed E-state index contributed by atoms with van der Waals surface area (Å²) in [5, 5.41) is 3.12. The van der Waals surface area contributed by atoms with Gasteiger partial charge in [-0.2, -0.15) is 0 Å². The van der Waals surface area contributed by atoms with Crippen molar-refractivity contribution >= 4 is 11.8 Å². The van der Waals surface area contributed by atoms with Gasteiger partial charge in [0.2, 0.25) is 11.8 Å². The van der Waals surface area contributed by atoms with Gasteiger partial charge in [-0.15, -0.1) is 0 Å². The summed E-state index contributed by atoms with van der Waals surface area (Å²) in [6.45, 7) is 3.72. The molecular formula is C12H18N2O2. The first kappa shape index (κ1) is 10.3. The van der Waals surface area contributed by atoms with Gasteiger partial charge in [0.1, 0.15) is 0 Å². The topological polar surface area (TPSA) is 49.4 Å². The SMILES string of the molecule is CCC1CC2C(=O)N(C3CNC3)C(=O)C2C1. The minimum absolute atomic E-state index is 0.0121. The standard InChI is InChI=1S/C12H18N2O2/c1-2-7-3-9-10(4-7)12(16)14(11(9)15)8-5-13-6-8/h7-10,13H,2-6H2,1H3. The fraction of sp³-hybridized carbons (Fsp3) is 0.833. The highest BCUT2D eigenvalue weighted by Crippen LogP contribution is 2.44. The molecule has 0 aromatic carbocycles. The summed E-state index contributed by atoms with van der Waals surface area (Å²) in [6.07, 6.45) is 2.96. The molecule has 1 saturated carbocycles. The van der Waals surface area contributed by atoms with Crippen molar-refractivity contribution in [2.45, 2.75) is 32.2 Å². The first-order valence-electron chi connectivity index (χ1n) is 6.30. The largest absolute Gasteiger partial charge is 0.313 e. The zero-order chi connectivity index (χ0) is 11.3. The molecule has 2 amide bonds. The molecule has 3 fully saturated rings. The fourth-order valence-corrected chi connectivity index (χ4v) is 3.30. The smallest absolute Gasteiger partial charge is 0.233 e. The van der Waals surface area contributed by atoms with Crippen molar-refractivity contribution in [3.8, 4) is 0 Å². The van der Waals surface area contributed by atoms with Crippen molar-refractivity contribution in [1.29, 1.82) is 0 Å². The molecule has 3 rings (SSSR count). The van der Waals surface area contributed by atoms with Gasteiger partial charge in [-0.1, -0.05) is 13.3 Å². The molecule has 4 nitrogen and oxygen atoms in total. The van der Waals surface area contributed by atoms with E-state index in [0.29, 0.717) is 5.92 Å². The van der Waals surface area contributed by atoms with Crippen LogP contribution >= 0.6 is 0 Å². The molecule has 2 saturated heterocycles. The monoisotopic (exact) mass is 222 g/mol. The summed E-state index contributed by atoms with van der Waals surface area (Å²) >= 11 is 0. The lowest BCUT2D eigenvalue weighted by atomic mass is 10.00. The molecule has 16 heavy (non-hydrogen) atoms. The van der Waals surface area contributed by atoms with Crippen molar-refractivity contribution in [2.24, 2.45) is 17.8 Å². The van der Waals surface area contributed by atoms with Crippen molar-refractivity contribution in [2.75, 3.05) is 13.1 Å². The van der Waals surface area contributed by atoms with Crippen LogP contribution in [0.1, 0.15) is 26.2 Å². The van der Waals surface area contributed by atoms with Gasteiger partial charge in [0.05, 0.1) is 17.9 Å². The van der Waals surface area contributed by atoms with Crippen molar-refractivity contribution < 1.29 is 9.59 Å². The lowest BCUT2D eigenvalue weighted by Crippen LogP contribution is -2.59. The number of fused-ring (bicyclic) bond motifs is 1. The van der Waals surface area contributed by atoms with Gasteiger partial charge < -0.3 is 5.32 Å². The lowest BCUT2D eigenvalue weighted by Gasteiger charge is -2.34. The van der Waals surface area contributed by atoms with E-state index >= 15 is 0 Å². The van der Waals surface area contributed by atoms with E-state index in [0.717, 1.165) is 32.4 Å². The van der Waals surface area contributed by atoms with Gasteiger partial charge in [0, 0.05) is 13.1 Å². The highest BCUT2D eigenvalue weighted by Gasteiger charge is 2.54. The van der Waals surface area contributed by atoms with Gasteiger partial charge in [0.25, 0.3) is 0 Å². The Morgan fingerprint density at radius 1 is 1.19 bits per heavy atom. The number of amides is 2. The second kappa shape index (κ2) is 3.55. The third-order valence-electron chi connectivity index (χ3n) is 4.47. The third-order valence-corrected chi connectivity index (χ3v) is 4.47. The van der Waals surface area contributed by atoms with E-state index in [9.17, 15) is 9.59 Å². The highest BCUT2D eigenvalue weighted by atomic mass is 16.2. The Balaban J connectivity index is 1.79. The van der Waals surface area contributed by atoms with E-state index in [1.54, 1.807) is 4.90 Å². The van der Waals surface area contributed by atoms with Gasteiger partial charge in [-0.05, 0) is 18.8 Å². The van der Waals surface area contributed by atoms with Gasteiger partial charge in [-0.25, -0.2) is 0 Å². The number of carbonyl (C=O) groups excluding carboxylic acids is 2. The Morgan fingerprint density at radius 2 is 1.75 bits per heavy atom. The van der Waals surface area contributed by atoms with Crippen LogP contribution in [0.5, 0.6) is 0 Å². The van der Waals surface area contributed by atoms with Gasteiger partial charge in [0.15, 0.2) is 0 Å². The van der Waals surface area contributed by atoms with Crippen LogP contribution in [-0.4, -0.2) is 35.8 Å². The summed E-state index contributed by atoms with van der Waals surface area (Å²) in [5.41, 5.74) is 0. The summed E-state index contributed by atoms with van der Waals surface area (Å²) in [4.78, 5) is 25.9. The van der Waals surface area contributed by atoms with E-state index in [2.05, 4.69) is 12.2 Å². The predicted octanol–water partition coefficient (Wildman–Crippen LogP) is 0.379. The molecule has 0 aromatic rings. The average Bonchev–Trinajstić information content (AvgIpc) is 2.72. The Labute approximate surface area is 95.4 Å². The Morgan fingerprint density at radius 3 is 2.12 bits per heavy atom. The lowest BCUT2D eigenvalue weighted by molar-refractivity contribution is -0.144. The molecule has 1 N–H and O–H groups in total. The molecule has 2 unspecified atom stereocenters. The number of hydrogen-bond acceptors (Lipinski definition) is 3. The first-order valence-corrected chi connectivity index (χ1v) is 6.30. The van der Waals surface area contributed by atoms with E-state index in [-0.39, 0.29) is 29.7 Å². The second-order valence-corrected chi connectivity index (χ2v) is 5.32. The highest BCUT2D eigenvalue weighted by molar-refractivity contribution is 6.06. The molecule has 0 radical (unpaired) electrons. The minimum Gasteiger partial charge on any atom is -0.313 e. The van der Waals surface area contributed by atoms with Crippen LogP contribution in [0.2, 0.25) is 0 Å². The quantitative estimate of drug-likeness (QED) is 0.687. The maximum Gasteiger partial charge on any atom is 0.233 e. The molecular weight excluding hydrogens is 204 g/mol. The summed E-state index contributed by atoms with van der Waals surface area (Å²) in [5.74, 6) is 0.829. The molecule has 88 valence electrons. The molecule has 2 heterocycles. The Hall–Kier alpha value is -0.900. The zero-order valence-corrected chi connectivity index (χ0v) is 9.61. The van der Waals surface area contributed by atoms with Crippen LogP contribution in [-0.2, 0) is 9.59 Å². The summed E-state index contributed by atoms with van der Waals surface area (Å²) < 4.78 is 0. The minimum atomic E-state index is 0.0121. The van der Waals surface area contributed by atoms with Crippen LogP contribution in [0.25, 0.3) is 0 Å². The Kier molecular flexibility index (Phi) is 2.28. The number of nitrogens with zero attached hydrogens (tertiary/aromatic N) is 1. The second-order valence-electron chi connectivity index (χ2n) is 5.32. The van der Waals surface area contributed by atoms with Crippen LogP contribution in [0.4, 0.5) is 0 Å². The molecule has 0 spiro atoms. The van der Waals surface area contributed by atoms with Crippen LogP contribution in [0.3, 0.4) is 0 Å². The number of hydrogen-bond donors (Lipinski definition) is 1. The van der Waals surface area contributed by atoms with E-state index < -0.39 is 0 Å². The average molecular weight is 222 g/mol. The van der Waals surface area contributed by atoms with Crippen LogP contribution in [0.15, 0.2) is 0 Å². The van der Waals surface area contributed by atoms with Crippen molar-refractivity contribution in [3.63, 3.8) is 0 Å². The number of rotatable bonds is 2. The normalized spacial score (nSPS) is 39.1. The molecule has 0 aromatic heterocycles. The van der Waals surface area contributed by atoms with Crippen LogP contribution < -0.4 is 5.32 Å². The molecule has 4 heteroatoms. The zero-order valence-electron chi connectivity index (χ0n) is 9.61. The molecule has 2 atom stereocenters. The molecule has 1 aliphatic carbocycles. The molecule has 2 aliphatic heterocycles. The van der Waals surface area contributed by atoms with Crippen molar-refractivity contribution in [1.82, 2.24) is 10.2 Å². The van der Waals surface area contributed by atoms with Gasteiger partial charge in [-0.3, -0.25) is 14.5 Å². The summed E-state index contributed by atoms with van der Waals surface area (Å²) in [7, 11) is 0. The maximum atomic E-state index is 12.2.